The van der Waals surface area contributed by atoms with E-state index in [0.29, 0.717) is 17.4 Å². The number of rotatable bonds is 2. The van der Waals surface area contributed by atoms with Crippen LogP contribution in [0, 0.1) is 0 Å². The predicted molar refractivity (Wildman–Crippen MR) is 70.8 cm³/mol. The average molecular weight is 240 g/mol. The fourth-order valence-corrected chi connectivity index (χ4v) is 2.32. The highest BCUT2D eigenvalue weighted by Crippen LogP contribution is 2.24. The van der Waals surface area contributed by atoms with E-state index in [2.05, 4.69) is 0 Å². The Morgan fingerprint density at radius 1 is 1.00 bits per heavy atom. The fourth-order valence-electron chi connectivity index (χ4n) is 2.32. The molecule has 0 atom stereocenters. The van der Waals surface area contributed by atoms with Gasteiger partial charge in [0.25, 0.3) is 0 Å². The third-order valence-electron chi connectivity index (χ3n) is 3.12. The van der Waals surface area contributed by atoms with Crippen LogP contribution >= 0.6 is 0 Å². The minimum Gasteiger partial charge on any atom is -0.422 e. The Bertz CT molecular complexity index is 771. The molecule has 0 bridgehead atoms. The van der Waals surface area contributed by atoms with Crippen LogP contribution in [0.15, 0.2) is 51.7 Å². The van der Waals surface area contributed by atoms with Crippen molar-refractivity contribution in [3.05, 3.63) is 58.4 Å². The number of hydrogen-bond donors (Lipinski definition) is 1. The van der Waals surface area contributed by atoms with E-state index < -0.39 is 0 Å². The smallest absolute Gasteiger partial charge is 0.344 e. The second-order valence-electron chi connectivity index (χ2n) is 4.20. The Hall–Kier alpha value is -2.13. The maximum Gasteiger partial charge on any atom is 0.344 e. The number of hydrogen-bond acceptors (Lipinski definition) is 3. The summed E-state index contributed by atoms with van der Waals surface area (Å²) in [6.07, 6.45) is 0.459. The van der Waals surface area contributed by atoms with Crippen LogP contribution < -0.4 is 5.63 Å². The highest BCUT2D eigenvalue weighted by molar-refractivity contribution is 6.05. The molecule has 0 amide bonds. The molecule has 3 heteroatoms. The largest absolute Gasteiger partial charge is 0.422 e. The normalized spacial score (nSPS) is 11.2. The SMILES string of the molecule is O=c1oc2ccccc2c2cccc(CCO)c12. The standard InChI is InChI=1S/C15H12O3/c16-9-8-10-4-3-6-12-11-5-1-2-7-13(11)18-15(17)14(10)12/h1-7,16H,8-9H2. The number of para-hydroxylation sites is 1. The molecular weight excluding hydrogens is 228 g/mol. The van der Waals surface area contributed by atoms with Gasteiger partial charge in [-0.2, -0.15) is 0 Å². The van der Waals surface area contributed by atoms with Gasteiger partial charge in [0.2, 0.25) is 0 Å². The maximum atomic E-state index is 12.0. The first-order valence-corrected chi connectivity index (χ1v) is 5.85. The first-order chi connectivity index (χ1) is 8.81. The second-order valence-corrected chi connectivity index (χ2v) is 4.20. The van der Waals surface area contributed by atoms with Gasteiger partial charge in [-0.25, -0.2) is 4.79 Å². The van der Waals surface area contributed by atoms with E-state index >= 15 is 0 Å². The highest BCUT2D eigenvalue weighted by atomic mass is 16.4. The van der Waals surface area contributed by atoms with E-state index in [4.69, 9.17) is 9.52 Å². The molecule has 0 aliphatic carbocycles. The van der Waals surface area contributed by atoms with Gasteiger partial charge >= 0.3 is 5.63 Å². The molecule has 3 rings (SSSR count). The average Bonchev–Trinajstić information content (AvgIpc) is 2.39. The zero-order chi connectivity index (χ0) is 12.5. The molecule has 0 aliphatic heterocycles. The lowest BCUT2D eigenvalue weighted by Gasteiger charge is -2.06. The zero-order valence-electron chi connectivity index (χ0n) is 9.72. The molecule has 0 saturated heterocycles. The summed E-state index contributed by atoms with van der Waals surface area (Å²) in [5.41, 5.74) is 1.08. The maximum absolute atomic E-state index is 12.0. The molecule has 0 spiro atoms. The summed E-state index contributed by atoms with van der Waals surface area (Å²) in [5.74, 6) is 0. The van der Waals surface area contributed by atoms with E-state index in [0.717, 1.165) is 16.3 Å². The van der Waals surface area contributed by atoms with Crippen LogP contribution in [-0.2, 0) is 6.42 Å². The molecule has 1 heterocycles. The molecule has 1 aromatic heterocycles. The van der Waals surface area contributed by atoms with Crippen LogP contribution in [0.3, 0.4) is 0 Å². The van der Waals surface area contributed by atoms with Crippen molar-refractivity contribution >= 4 is 21.7 Å². The van der Waals surface area contributed by atoms with Gasteiger partial charge in [0.05, 0.1) is 5.39 Å². The molecule has 1 N–H and O–H groups in total. The lowest BCUT2D eigenvalue weighted by molar-refractivity contribution is 0.300. The first-order valence-electron chi connectivity index (χ1n) is 5.85. The zero-order valence-corrected chi connectivity index (χ0v) is 9.72. The summed E-state index contributed by atoms with van der Waals surface area (Å²) in [7, 11) is 0. The molecule has 3 nitrogen and oxygen atoms in total. The molecule has 18 heavy (non-hydrogen) atoms. The molecule has 0 radical (unpaired) electrons. The molecular formula is C15H12O3. The van der Waals surface area contributed by atoms with E-state index in [1.165, 1.54) is 0 Å². The Morgan fingerprint density at radius 3 is 2.61 bits per heavy atom. The summed E-state index contributed by atoms with van der Waals surface area (Å²) in [5, 5.41) is 11.4. The van der Waals surface area contributed by atoms with Crippen LogP contribution in [0.1, 0.15) is 5.56 Å². The van der Waals surface area contributed by atoms with Gasteiger partial charge in [-0.05, 0) is 18.1 Å². The van der Waals surface area contributed by atoms with E-state index in [9.17, 15) is 4.79 Å². The lowest BCUT2D eigenvalue weighted by atomic mass is 10.0. The van der Waals surface area contributed by atoms with Crippen molar-refractivity contribution < 1.29 is 9.52 Å². The summed E-state index contributed by atoms with van der Waals surface area (Å²) >= 11 is 0. The van der Waals surface area contributed by atoms with Gasteiger partial charge in [-0.1, -0.05) is 36.4 Å². The van der Waals surface area contributed by atoms with Gasteiger partial charge in [-0.3, -0.25) is 0 Å². The molecule has 0 aliphatic rings. The third kappa shape index (κ3) is 1.60. The first kappa shape index (κ1) is 11.0. The second kappa shape index (κ2) is 4.27. The minimum atomic E-state index is -0.340. The van der Waals surface area contributed by atoms with Crippen molar-refractivity contribution in [2.24, 2.45) is 0 Å². The van der Waals surface area contributed by atoms with Crippen LogP contribution in [0.4, 0.5) is 0 Å². The molecule has 0 saturated carbocycles. The molecule has 90 valence electrons. The van der Waals surface area contributed by atoms with Gasteiger partial charge in [-0.15, -0.1) is 0 Å². The van der Waals surface area contributed by atoms with E-state index in [1.807, 2.05) is 36.4 Å². The van der Waals surface area contributed by atoms with Crippen molar-refractivity contribution in [3.8, 4) is 0 Å². The van der Waals surface area contributed by atoms with Crippen molar-refractivity contribution in [2.45, 2.75) is 6.42 Å². The summed E-state index contributed by atoms with van der Waals surface area (Å²) in [4.78, 5) is 12.0. The van der Waals surface area contributed by atoms with Gasteiger partial charge in [0.15, 0.2) is 0 Å². The van der Waals surface area contributed by atoms with Crippen LogP contribution in [0.25, 0.3) is 21.7 Å². The topological polar surface area (TPSA) is 50.4 Å². The molecule has 0 fully saturated rings. The van der Waals surface area contributed by atoms with Gasteiger partial charge < -0.3 is 9.52 Å². The van der Waals surface area contributed by atoms with Crippen molar-refractivity contribution in [3.63, 3.8) is 0 Å². The number of fused-ring (bicyclic) bond motifs is 3. The summed E-state index contributed by atoms with van der Waals surface area (Å²) in [6, 6.07) is 13.1. The molecule has 3 aromatic rings. The number of aliphatic hydroxyl groups is 1. The van der Waals surface area contributed by atoms with E-state index in [1.54, 1.807) is 6.07 Å². The van der Waals surface area contributed by atoms with Crippen LogP contribution in [0.2, 0.25) is 0 Å². The Morgan fingerprint density at radius 2 is 1.78 bits per heavy atom. The van der Waals surface area contributed by atoms with Crippen LogP contribution in [-0.4, -0.2) is 11.7 Å². The molecule has 0 unspecified atom stereocenters. The summed E-state index contributed by atoms with van der Waals surface area (Å²) < 4.78 is 5.32. The quantitative estimate of drug-likeness (QED) is 0.553. The van der Waals surface area contributed by atoms with Crippen molar-refractivity contribution in [1.82, 2.24) is 0 Å². The van der Waals surface area contributed by atoms with Gasteiger partial charge in [0, 0.05) is 17.4 Å². The number of benzene rings is 2. The fraction of sp³-hybridized carbons (Fsp3) is 0.133. The Balaban J connectivity index is 2.51. The Kier molecular flexibility index (Phi) is 2.61. The highest BCUT2D eigenvalue weighted by Gasteiger charge is 2.10. The number of aliphatic hydroxyl groups excluding tert-OH is 1. The predicted octanol–water partition coefficient (Wildman–Crippen LogP) is 2.48. The molecule has 2 aromatic carbocycles. The minimum absolute atomic E-state index is 0.0192. The van der Waals surface area contributed by atoms with Crippen LogP contribution in [0.5, 0.6) is 0 Å². The van der Waals surface area contributed by atoms with E-state index in [-0.39, 0.29) is 12.2 Å². The Labute approximate surface area is 103 Å². The lowest BCUT2D eigenvalue weighted by Crippen LogP contribution is -2.04. The third-order valence-corrected chi connectivity index (χ3v) is 3.12. The summed E-state index contributed by atoms with van der Waals surface area (Å²) in [6.45, 7) is 0.0192. The van der Waals surface area contributed by atoms with Gasteiger partial charge in [0.1, 0.15) is 5.58 Å². The van der Waals surface area contributed by atoms with Crippen molar-refractivity contribution in [2.75, 3.05) is 6.61 Å². The monoisotopic (exact) mass is 240 g/mol. The van der Waals surface area contributed by atoms with Crippen molar-refractivity contribution in [1.29, 1.82) is 0 Å².